The number of esters is 1. The molecule has 2 amide bonds. The molecule has 1 aromatic rings. The summed E-state index contributed by atoms with van der Waals surface area (Å²) in [7, 11) is 0. The van der Waals surface area contributed by atoms with Gasteiger partial charge in [-0.1, -0.05) is 0 Å². The number of thiophene rings is 1. The number of hydrogen-bond donors (Lipinski definition) is 2. The predicted molar refractivity (Wildman–Crippen MR) is 94.8 cm³/mol. The van der Waals surface area contributed by atoms with Gasteiger partial charge < -0.3 is 20.1 Å². The SMILES string of the molecule is CCOC(=O)c1c(NC(=O)C(=O)NC(C)C)sc2c1CC(C)(C)OC2. The second-order valence-electron chi connectivity index (χ2n) is 6.74. The largest absolute Gasteiger partial charge is 0.462 e. The Morgan fingerprint density at radius 3 is 2.56 bits per heavy atom. The van der Waals surface area contributed by atoms with Gasteiger partial charge in [0.1, 0.15) is 5.00 Å². The lowest BCUT2D eigenvalue weighted by Crippen LogP contribution is -2.39. The molecule has 0 saturated carbocycles. The van der Waals surface area contributed by atoms with Crippen molar-refractivity contribution in [2.75, 3.05) is 11.9 Å². The van der Waals surface area contributed by atoms with Crippen molar-refractivity contribution >= 4 is 34.1 Å². The minimum absolute atomic E-state index is 0.159. The highest BCUT2D eigenvalue weighted by molar-refractivity contribution is 7.17. The van der Waals surface area contributed by atoms with Crippen LogP contribution in [-0.2, 0) is 32.1 Å². The quantitative estimate of drug-likeness (QED) is 0.628. The van der Waals surface area contributed by atoms with E-state index in [9.17, 15) is 14.4 Å². The van der Waals surface area contributed by atoms with Crippen molar-refractivity contribution in [3.63, 3.8) is 0 Å². The normalized spacial score (nSPS) is 15.4. The Bertz CT molecular complexity index is 693. The van der Waals surface area contributed by atoms with Crippen LogP contribution in [-0.4, -0.2) is 36.0 Å². The number of anilines is 1. The van der Waals surface area contributed by atoms with Gasteiger partial charge in [0.25, 0.3) is 0 Å². The van der Waals surface area contributed by atoms with Gasteiger partial charge in [0.15, 0.2) is 0 Å². The minimum Gasteiger partial charge on any atom is -0.462 e. The molecule has 0 aromatic carbocycles. The van der Waals surface area contributed by atoms with Crippen LogP contribution in [0.1, 0.15) is 55.4 Å². The Labute approximate surface area is 151 Å². The van der Waals surface area contributed by atoms with Crippen molar-refractivity contribution in [3.05, 3.63) is 16.0 Å². The molecule has 138 valence electrons. The fourth-order valence-corrected chi connectivity index (χ4v) is 3.66. The minimum atomic E-state index is -0.807. The summed E-state index contributed by atoms with van der Waals surface area (Å²) < 4.78 is 10.9. The van der Waals surface area contributed by atoms with Crippen molar-refractivity contribution in [2.45, 2.75) is 59.3 Å². The van der Waals surface area contributed by atoms with Crippen LogP contribution in [0.4, 0.5) is 5.00 Å². The van der Waals surface area contributed by atoms with E-state index in [4.69, 9.17) is 9.47 Å². The molecule has 0 atom stereocenters. The van der Waals surface area contributed by atoms with Crippen molar-refractivity contribution < 1.29 is 23.9 Å². The third-order valence-electron chi connectivity index (χ3n) is 3.62. The average molecular weight is 368 g/mol. The molecule has 2 rings (SSSR count). The molecule has 1 aliphatic heterocycles. The van der Waals surface area contributed by atoms with E-state index in [2.05, 4.69) is 10.6 Å². The van der Waals surface area contributed by atoms with Crippen molar-refractivity contribution in [1.82, 2.24) is 5.32 Å². The highest BCUT2D eigenvalue weighted by atomic mass is 32.1. The Morgan fingerprint density at radius 2 is 1.96 bits per heavy atom. The van der Waals surface area contributed by atoms with Gasteiger partial charge in [-0.3, -0.25) is 9.59 Å². The Kier molecular flexibility index (Phi) is 5.84. The molecule has 2 N–H and O–H groups in total. The van der Waals surface area contributed by atoms with Crippen LogP contribution in [0.3, 0.4) is 0 Å². The van der Waals surface area contributed by atoms with Crippen molar-refractivity contribution in [3.8, 4) is 0 Å². The van der Waals surface area contributed by atoms with Crippen LogP contribution in [0.15, 0.2) is 0 Å². The van der Waals surface area contributed by atoms with E-state index in [-0.39, 0.29) is 12.6 Å². The molecule has 0 saturated heterocycles. The highest BCUT2D eigenvalue weighted by Gasteiger charge is 2.34. The molecule has 2 heterocycles. The van der Waals surface area contributed by atoms with Gasteiger partial charge in [0.05, 0.1) is 24.4 Å². The van der Waals surface area contributed by atoms with Crippen LogP contribution in [0.5, 0.6) is 0 Å². The second-order valence-corrected chi connectivity index (χ2v) is 7.84. The molecule has 1 aliphatic rings. The summed E-state index contributed by atoms with van der Waals surface area (Å²) >= 11 is 1.24. The number of fused-ring (bicyclic) bond motifs is 1. The zero-order chi connectivity index (χ0) is 18.8. The number of amides is 2. The van der Waals surface area contributed by atoms with Crippen LogP contribution in [0, 0.1) is 0 Å². The summed E-state index contributed by atoms with van der Waals surface area (Å²) in [5.41, 5.74) is 0.731. The second kappa shape index (κ2) is 7.53. The zero-order valence-corrected chi connectivity index (χ0v) is 16.0. The van der Waals surface area contributed by atoms with E-state index in [1.165, 1.54) is 11.3 Å². The molecule has 0 bridgehead atoms. The summed E-state index contributed by atoms with van der Waals surface area (Å²) in [6.45, 7) is 9.71. The van der Waals surface area contributed by atoms with E-state index in [0.717, 1.165) is 10.4 Å². The van der Waals surface area contributed by atoms with Crippen molar-refractivity contribution in [2.24, 2.45) is 0 Å². The Balaban J connectivity index is 2.34. The molecule has 1 aromatic heterocycles. The lowest BCUT2D eigenvalue weighted by Gasteiger charge is -2.30. The Hall–Kier alpha value is -1.93. The Morgan fingerprint density at radius 1 is 1.28 bits per heavy atom. The third-order valence-corrected chi connectivity index (χ3v) is 4.74. The van der Waals surface area contributed by atoms with Crippen LogP contribution < -0.4 is 10.6 Å². The molecule has 8 heteroatoms. The summed E-state index contributed by atoms with van der Waals surface area (Å²) in [4.78, 5) is 37.3. The molecule has 0 spiro atoms. The molecule has 7 nitrogen and oxygen atoms in total. The summed E-state index contributed by atoms with van der Waals surface area (Å²) in [6.07, 6.45) is 0.529. The maximum Gasteiger partial charge on any atom is 0.341 e. The molecule has 0 fully saturated rings. The van der Waals surface area contributed by atoms with Gasteiger partial charge in [-0.2, -0.15) is 0 Å². The first-order valence-corrected chi connectivity index (χ1v) is 9.03. The summed E-state index contributed by atoms with van der Waals surface area (Å²) in [5.74, 6) is -2.05. The van der Waals surface area contributed by atoms with Gasteiger partial charge in [0, 0.05) is 17.3 Å². The third kappa shape index (κ3) is 4.58. The number of ether oxygens (including phenoxy) is 2. The smallest absolute Gasteiger partial charge is 0.341 e. The summed E-state index contributed by atoms with van der Waals surface area (Å²) in [6, 6.07) is -0.159. The molecule has 0 aliphatic carbocycles. The monoisotopic (exact) mass is 368 g/mol. The number of carbonyl (C=O) groups excluding carboxylic acids is 3. The van der Waals surface area contributed by atoms with Crippen LogP contribution in [0.2, 0.25) is 0 Å². The number of hydrogen-bond acceptors (Lipinski definition) is 6. The molecule has 25 heavy (non-hydrogen) atoms. The van der Waals surface area contributed by atoms with Crippen LogP contribution >= 0.6 is 11.3 Å². The first-order valence-electron chi connectivity index (χ1n) is 8.22. The van der Waals surface area contributed by atoms with Gasteiger partial charge in [-0.15, -0.1) is 11.3 Å². The fourth-order valence-electron chi connectivity index (χ4n) is 2.55. The van der Waals surface area contributed by atoms with E-state index in [0.29, 0.717) is 23.6 Å². The fraction of sp³-hybridized carbons (Fsp3) is 0.588. The van der Waals surface area contributed by atoms with Gasteiger partial charge in [-0.25, -0.2) is 4.79 Å². The lowest BCUT2D eigenvalue weighted by molar-refractivity contribution is -0.136. The van der Waals surface area contributed by atoms with Gasteiger partial charge in [0.2, 0.25) is 0 Å². The number of rotatable bonds is 4. The van der Waals surface area contributed by atoms with E-state index in [1.54, 1.807) is 20.8 Å². The number of carbonyl (C=O) groups is 3. The molecular weight excluding hydrogens is 344 g/mol. The van der Waals surface area contributed by atoms with Crippen molar-refractivity contribution in [1.29, 1.82) is 0 Å². The standard InChI is InChI=1S/C17H24N2O5S/c1-6-23-16(22)12-10-7-17(4,5)24-8-11(10)25-15(12)19-14(21)13(20)18-9(2)3/h9H,6-8H2,1-5H3,(H,18,20)(H,19,21). The first kappa shape index (κ1) is 19.4. The predicted octanol–water partition coefficient (Wildman–Crippen LogP) is 2.24. The van der Waals surface area contributed by atoms with E-state index >= 15 is 0 Å². The maximum absolute atomic E-state index is 12.4. The molecule has 0 unspecified atom stereocenters. The topological polar surface area (TPSA) is 93.7 Å². The zero-order valence-electron chi connectivity index (χ0n) is 15.1. The van der Waals surface area contributed by atoms with Crippen LogP contribution in [0.25, 0.3) is 0 Å². The maximum atomic E-state index is 12.4. The lowest BCUT2D eigenvalue weighted by atomic mass is 9.93. The molecular formula is C17H24N2O5S. The number of nitrogens with one attached hydrogen (secondary N) is 2. The summed E-state index contributed by atoms with van der Waals surface area (Å²) in [5, 5.41) is 5.40. The first-order chi connectivity index (χ1) is 11.6. The van der Waals surface area contributed by atoms with E-state index < -0.39 is 23.4 Å². The van der Waals surface area contributed by atoms with Gasteiger partial charge >= 0.3 is 17.8 Å². The van der Waals surface area contributed by atoms with Gasteiger partial charge in [-0.05, 0) is 40.2 Å². The molecule has 0 radical (unpaired) electrons. The highest BCUT2D eigenvalue weighted by Crippen LogP contribution is 2.40. The van der Waals surface area contributed by atoms with E-state index in [1.807, 2.05) is 13.8 Å². The average Bonchev–Trinajstić information content (AvgIpc) is 2.82.